The molecule has 0 aliphatic rings. The number of nitrogens with one attached hydrogen (secondary N) is 2. The van der Waals surface area contributed by atoms with Gasteiger partial charge in [-0.25, -0.2) is 4.99 Å². The lowest BCUT2D eigenvalue weighted by molar-refractivity contribution is 1.40. The van der Waals surface area contributed by atoms with Crippen LogP contribution in [0.1, 0.15) is 0 Å². The van der Waals surface area contributed by atoms with Crippen LogP contribution in [0.25, 0.3) is 43.4 Å². The van der Waals surface area contributed by atoms with Crippen LogP contribution in [-0.2, 0) is 0 Å². The van der Waals surface area contributed by atoms with E-state index in [2.05, 4.69) is 33.8 Å². The maximum absolute atomic E-state index is 6.30. The van der Waals surface area contributed by atoms with Crippen LogP contribution in [0.2, 0.25) is 0 Å². The highest BCUT2D eigenvalue weighted by Crippen LogP contribution is 2.39. The molecule has 0 saturated heterocycles. The van der Waals surface area contributed by atoms with Crippen LogP contribution in [0.5, 0.6) is 0 Å². The Bertz CT molecular complexity index is 1340. The van der Waals surface area contributed by atoms with Crippen LogP contribution in [0.15, 0.2) is 41.4 Å². The summed E-state index contributed by atoms with van der Waals surface area (Å²) in [4.78, 5) is 10.5. The minimum Gasteiger partial charge on any atom is -0.398 e. The number of nitrogen functional groups attached to an aromatic ring is 3. The van der Waals surface area contributed by atoms with Crippen molar-refractivity contribution in [3.8, 4) is 0 Å². The summed E-state index contributed by atoms with van der Waals surface area (Å²) in [7, 11) is 0. The highest BCUT2D eigenvalue weighted by Gasteiger charge is 2.14. The van der Waals surface area contributed by atoms with Gasteiger partial charge in [0.05, 0.1) is 11.0 Å². The first-order chi connectivity index (χ1) is 12.1. The van der Waals surface area contributed by atoms with E-state index in [4.69, 9.17) is 17.2 Å². The summed E-state index contributed by atoms with van der Waals surface area (Å²) in [5.41, 5.74) is 21.7. The average Bonchev–Trinajstić information content (AvgIpc) is 3.19. The number of H-pyrrole nitrogens is 2. The molecule has 0 saturated carbocycles. The van der Waals surface area contributed by atoms with Crippen LogP contribution in [0, 0.1) is 0 Å². The molecule has 122 valence electrons. The van der Waals surface area contributed by atoms with E-state index in [-0.39, 0.29) is 0 Å². The first-order valence-electron chi connectivity index (χ1n) is 7.88. The van der Waals surface area contributed by atoms with Crippen LogP contribution in [-0.4, -0.2) is 16.7 Å². The molecule has 3 aromatic carbocycles. The summed E-state index contributed by atoms with van der Waals surface area (Å²) in [5.74, 6) is 1.29. The Morgan fingerprint density at radius 1 is 0.680 bits per heavy atom. The maximum Gasteiger partial charge on any atom is 0.130 e. The minimum atomic E-state index is 0.593. The van der Waals surface area contributed by atoms with Gasteiger partial charge in [0.25, 0.3) is 0 Å². The van der Waals surface area contributed by atoms with Crippen LogP contribution in [0.4, 0.5) is 23.0 Å². The van der Waals surface area contributed by atoms with E-state index in [1.807, 2.05) is 24.3 Å². The molecule has 5 rings (SSSR count). The highest BCUT2D eigenvalue weighted by atomic mass is 14.9. The molecule has 2 heterocycles. The first-order valence-corrected chi connectivity index (χ1v) is 7.88. The number of anilines is 3. The molecule has 0 aliphatic carbocycles. The molecule has 6 nitrogen and oxygen atoms in total. The van der Waals surface area contributed by atoms with Gasteiger partial charge in [-0.05, 0) is 41.8 Å². The Morgan fingerprint density at radius 3 is 1.84 bits per heavy atom. The second kappa shape index (κ2) is 4.45. The van der Waals surface area contributed by atoms with E-state index in [0.717, 1.165) is 43.4 Å². The normalized spacial score (nSPS) is 11.8. The van der Waals surface area contributed by atoms with Gasteiger partial charge in [0, 0.05) is 32.9 Å². The molecule has 0 atom stereocenters. The second-order valence-corrected chi connectivity index (χ2v) is 6.30. The van der Waals surface area contributed by atoms with Crippen molar-refractivity contribution >= 4 is 73.1 Å². The summed E-state index contributed by atoms with van der Waals surface area (Å²) in [6.07, 6.45) is 0. The third-order valence-corrected chi connectivity index (χ3v) is 4.86. The predicted molar refractivity (Wildman–Crippen MR) is 108 cm³/mol. The van der Waals surface area contributed by atoms with Gasteiger partial charge in [0.15, 0.2) is 0 Å². The zero-order valence-corrected chi connectivity index (χ0v) is 13.4. The Labute approximate surface area is 142 Å². The number of hydrogen-bond acceptors (Lipinski definition) is 4. The monoisotopic (exact) mass is 328 g/mol. The molecule has 0 bridgehead atoms. The molecular weight excluding hydrogens is 312 g/mol. The zero-order valence-electron chi connectivity index (χ0n) is 13.4. The van der Waals surface area contributed by atoms with Crippen molar-refractivity contribution in [1.82, 2.24) is 9.97 Å². The summed E-state index contributed by atoms with van der Waals surface area (Å²) in [5, 5.41) is 6.04. The summed E-state index contributed by atoms with van der Waals surface area (Å²) >= 11 is 0. The largest absolute Gasteiger partial charge is 0.398 e. The minimum absolute atomic E-state index is 0.593. The molecule has 25 heavy (non-hydrogen) atoms. The van der Waals surface area contributed by atoms with E-state index >= 15 is 0 Å². The topological polar surface area (TPSA) is 122 Å². The van der Waals surface area contributed by atoms with Gasteiger partial charge >= 0.3 is 0 Å². The van der Waals surface area contributed by atoms with Gasteiger partial charge in [-0.15, -0.1) is 0 Å². The van der Waals surface area contributed by atoms with Gasteiger partial charge in [0.2, 0.25) is 0 Å². The number of nitrogens with two attached hydrogens (primary N) is 3. The average molecular weight is 328 g/mol. The van der Waals surface area contributed by atoms with Crippen molar-refractivity contribution < 1.29 is 0 Å². The molecule has 5 aromatic rings. The van der Waals surface area contributed by atoms with Crippen molar-refractivity contribution in [3.63, 3.8) is 0 Å². The Morgan fingerprint density at radius 2 is 1.24 bits per heavy atom. The second-order valence-electron chi connectivity index (χ2n) is 6.30. The van der Waals surface area contributed by atoms with Gasteiger partial charge in [-0.3, -0.25) is 0 Å². The van der Waals surface area contributed by atoms with Crippen LogP contribution in [0.3, 0.4) is 0 Å². The third kappa shape index (κ3) is 1.70. The number of aromatic nitrogens is 2. The van der Waals surface area contributed by atoms with Gasteiger partial charge in [-0.2, -0.15) is 0 Å². The molecule has 0 radical (unpaired) electrons. The van der Waals surface area contributed by atoms with Crippen molar-refractivity contribution in [2.24, 2.45) is 4.99 Å². The summed E-state index contributed by atoms with van der Waals surface area (Å²) in [6.45, 7) is 3.58. The van der Waals surface area contributed by atoms with Crippen molar-refractivity contribution in [1.29, 1.82) is 0 Å². The highest BCUT2D eigenvalue weighted by molar-refractivity contribution is 6.25. The number of rotatable bonds is 1. The van der Waals surface area contributed by atoms with E-state index in [9.17, 15) is 0 Å². The molecule has 0 amide bonds. The van der Waals surface area contributed by atoms with Crippen molar-refractivity contribution in [3.05, 3.63) is 36.4 Å². The maximum atomic E-state index is 6.30. The van der Waals surface area contributed by atoms with Gasteiger partial charge < -0.3 is 27.2 Å². The number of hydrogen-bond donors (Lipinski definition) is 5. The van der Waals surface area contributed by atoms with Gasteiger partial charge in [-0.1, -0.05) is 12.1 Å². The van der Waals surface area contributed by atoms with E-state index in [1.165, 1.54) is 0 Å². The Balaban J connectivity index is 2.04. The number of benzene rings is 3. The number of aliphatic imine (C=N–C) groups is 1. The van der Waals surface area contributed by atoms with Crippen molar-refractivity contribution in [2.75, 3.05) is 17.2 Å². The lowest BCUT2D eigenvalue weighted by Gasteiger charge is -2.09. The third-order valence-electron chi connectivity index (χ3n) is 4.86. The molecule has 0 unspecified atom stereocenters. The molecule has 0 aliphatic heterocycles. The molecule has 0 fully saturated rings. The Hall–Kier alpha value is -3.67. The molecule has 0 spiro atoms. The Kier molecular flexibility index (Phi) is 2.44. The first kappa shape index (κ1) is 13.7. The fraction of sp³-hybridized carbons (Fsp3) is 0. The summed E-state index contributed by atoms with van der Waals surface area (Å²) in [6, 6.07) is 11.9. The van der Waals surface area contributed by atoms with Crippen LogP contribution < -0.4 is 17.2 Å². The summed E-state index contributed by atoms with van der Waals surface area (Å²) < 4.78 is 0. The lowest BCUT2D eigenvalue weighted by Crippen LogP contribution is -1.90. The standard InChI is InChI=1S/C19H16N6/c1-23-17-7-13-15(21)5-11-9(19(13)25-17)3-2-8-10(11)4-14(20)12-6-16(22)24-18(8)12/h2-7,24-25H,1,20-22H2. The molecular formula is C19H16N6. The van der Waals surface area contributed by atoms with E-state index in [1.54, 1.807) is 0 Å². The molecule has 8 N–H and O–H groups in total. The fourth-order valence-electron chi connectivity index (χ4n) is 3.73. The molecule has 6 heteroatoms. The number of nitrogens with zero attached hydrogens (tertiary/aromatic N) is 1. The van der Waals surface area contributed by atoms with E-state index in [0.29, 0.717) is 23.0 Å². The van der Waals surface area contributed by atoms with E-state index < -0.39 is 0 Å². The van der Waals surface area contributed by atoms with Crippen LogP contribution >= 0.6 is 0 Å². The smallest absolute Gasteiger partial charge is 0.130 e. The zero-order chi connectivity index (χ0) is 17.3. The SMILES string of the molecule is C=Nc1cc2c(N)cc3c4cc(N)c5cc(N)[nH]c5c4ccc3c2[nH]1. The predicted octanol–water partition coefficient (Wildman–Crippen LogP) is 4.03. The lowest BCUT2D eigenvalue weighted by atomic mass is 9.97. The quantitative estimate of drug-likeness (QED) is 0.181. The number of fused-ring (bicyclic) bond motifs is 7. The van der Waals surface area contributed by atoms with Gasteiger partial charge in [0.1, 0.15) is 11.6 Å². The fourth-order valence-corrected chi connectivity index (χ4v) is 3.73. The molecule has 2 aromatic heterocycles. The van der Waals surface area contributed by atoms with Crippen molar-refractivity contribution in [2.45, 2.75) is 0 Å². The number of aromatic amines is 2.